The van der Waals surface area contributed by atoms with E-state index in [0.29, 0.717) is 13.1 Å². The molecule has 0 aromatic heterocycles. The molecule has 7 heteroatoms. The number of fused-ring (bicyclic) bond motifs is 2. The van der Waals surface area contributed by atoms with Gasteiger partial charge in [-0.15, -0.1) is 0 Å². The number of hydrogen-bond acceptors (Lipinski definition) is 4. The SMILES string of the molecule is CC(=O)N1CCc2ccccc2C1CC(=O)N1CCCc2cc(S(C)(=O)=O)ccc21. The topological polar surface area (TPSA) is 74.8 Å². The van der Waals surface area contributed by atoms with Crippen molar-refractivity contribution in [3.05, 3.63) is 59.2 Å². The second kappa shape index (κ2) is 7.87. The van der Waals surface area contributed by atoms with Crippen LogP contribution in [0.1, 0.15) is 42.5 Å². The Labute approximate surface area is 177 Å². The Hall–Kier alpha value is -2.67. The number of amides is 2. The third kappa shape index (κ3) is 3.86. The van der Waals surface area contributed by atoms with Crippen molar-refractivity contribution < 1.29 is 18.0 Å². The van der Waals surface area contributed by atoms with E-state index in [1.54, 1.807) is 34.9 Å². The average Bonchev–Trinajstić information content (AvgIpc) is 2.72. The number of hydrogen-bond donors (Lipinski definition) is 0. The van der Waals surface area contributed by atoms with Crippen LogP contribution in [0.4, 0.5) is 5.69 Å². The molecule has 1 atom stereocenters. The summed E-state index contributed by atoms with van der Waals surface area (Å²) in [5.74, 6) is -0.0739. The first kappa shape index (κ1) is 20.6. The van der Waals surface area contributed by atoms with Crippen LogP contribution in [0, 0.1) is 0 Å². The molecule has 158 valence electrons. The first-order chi connectivity index (χ1) is 14.3. The molecule has 0 spiro atoms. The second-order valence-electron chi connectivity index (χ2n) is 8.09. The minimum absolute atomic E-state index is 0.0286. The third-order valence-corrected chi connectivity index (χ3v) is 7.19. The lowest BCUT2D eigenvalue weighted by Gasteiger charge is -2.38. The number of carbonyl (C=O) groups excluding carboxylic acids is 2. The summed E-state index contributed by atoms with van der Waals surface area (Å²) in [5, 5.41) is 0. The van der Waals surface area contributed by atoms with Crippen LogP contribution < -0.4 is 4.90 Å². The van der Waals surface area contributed by atoms with E-state index in [1.165, 1.54) is 11.8 Å². The number of aryl methyl sites for hydroxylation is 1. The lowest BCUT2D eigenvalue weighted by atomic mass is 9.90. The number of benzene rings is 2. The summed E-state index contributed by atoms with van der Waals surface area (Å²) in [5.41, 5.74) is 3.88. The fourth-order valence-corrected chi connectivity index (χ4v) is 5.26. The average molecular weight is 427 g/mol. The molecule has 6 nitrogen and oxygen atoms in total. The van der Waals surface area contributed by atoms with Crippen molar-refractivity contribution in [2.24, 2.45) is 0 Å². The molecule has 1 unspecified atom stereocenters. The molecule has 4 rings (SSSR count). The van der Waals surface area contributed by atoms with Crippen LogP contribution in [0.2, 0.25) is 0 Å². The first-order valence-corrected chi connectivity index (χ1v) is 12.1. The molecular weight excluding hydrogens is 400 g/mol. The summed E-state index contributed by atoms with van der Waals surface area (Å²) < 4.78 is 23.8. The van der Waals surface area contributed by atoms with E-state index >= 15 is 0 Å². The van der Waals surface area contributed by atoms with Crippen molar-refractivity contribution in [2.45, 2.75) is 43.5 Å². The smallest absolute Gasteiger partial charge is 0.229 e. The van der Waals surface area contributed by atoms with Gasteiger partial charge in [-0.2, -0.15) is 0 Å². The van der Waals surface area contributed by atoms with Crippen LogP contribution in [0.3, 0.4) is 0 Å². The maximum atomic E-state index is 13.4. The van der Waals surface area contributed by atoms with Gasteiger partial charge in [0.2, 0.25) is 11.8 Å². The molecule has 0 saturated carbocycles. The Morgan fingerprint density at radius 1 is 1.03 bits per heavy atom. The minimum atomic E-state index is -3.29. The number of sulfone groups is 1. The fourth-order valence-electron chi connectivity index (χ4n) is 4.59. The van der Waals surface area contributed by atoms with Gasteiger partial charge in [0.1, 0.15) is 0 Å². The minimum Gasteiger partial charge on any atom is -0.335 e. The van der Waals surface area contributed by atoms with E-state index < -0.39 is 9.84 Å². The van der Waals surface area contributed by atoms with Crippen molar-refractivity contribution in [3.63, 3.8) is 0 Å². The maximum absolute atomic E-state index is 13.4. The zero-order chi connectivity index (χ0) is 21.5. The van der Waals surface area contributed by atoms with Gasteiger partial charge in [0.05, 0.1) is 17.4 Å². The van der Waals surface area contributed by atoms with Gasteiger partial charge in [0, 0.05) is 32.0 Å². The van der Waals surface area contributed by atoms with E-state index in [0.717, 1.165) is 36.1 Å². The molecule has 0 saturated heterocycles. The fraction of sp³-hybridized carbons (Fsp3) is 0.391. The van der Waals surface area contributed by atoms with Gasteiger partial charge in [0.15, 0.2) is 9.84 Å². The molecule has 2 aliphatic rings. The van der Waals surface area contributed by atoms with Crippen LogP contribution in [0.15, 0.2) is 47.4 Å². The number of carbonyl (C=O) groups is 2. The Kier molecular flexibility index (Phi) is 5.40. The molecule has 0 radical (unpaired) electrons. The standard InChI is InChI=1S/C23H26N2O4S/c1-16(26)24-13-11-17-6-3-4-8-20(17)22(24)15-23(27)25-12-5-7-18-14-19(30(2,28)29)9-10-21(18)25/h3-4,6,8-10,14,22H,5,7,11-13,15H2,1-2H3. The summed E-state index contributed by atoms with van der Waals surface area (Å²) in [6, 6.07) is 12.7. The van der Waals surface area contributed by atoms with Crippen molar-refractivity contribution in [2.75, 3.05) is 24.2 Å². The Morgan fingerprint density at radius 2 is 1.80 bits per heavy atom. The zero-order valence-electron chi connectivity index (χ0n) is 17.3. The predicted octanol–water partition coefficient (Wildman–Crippen LogP) is 2.91. The highest BCUT2D eigenvalue weighted by atomic mass is 32.2. The molecule has 0 aliphatic carbocycles. The monoisotopic (exact) mass is 426 g/mol. The van der Waals surface area contributed by atoms with Gasteiger partial charge in [0.25, 0.3) is 0 Å². The van der Waals surface area contributed by atoms with E-state index in [2.05, 4.69) is 6.07 Å². The largest absolute Gasteiger partial charge is 0.335 e. The molecule has 0 N–H and O–H groups in total. The molecule has 2 amide bonds. The highest BCUT2D eigenvalue weighted by molar-refractivity contribution is 7.90. The van der Waals surface area contributed by atoms with Gasteiger partial charge in [-0.1, -0.05) is 24.3 Å². The van der Waals surface area contributed by atoms with E-state index in [4.69, 9.17) is 0 Å². The third-order valence-electron chi connectivity index (χ3n) is 6.08. The second-order valence-corrected chi connectivity index (χ2v) is 10.1. The maximum Gasteiger partial charge on any atom is 0.229 e. The lowest BCUT2D eigenvalue weighted by Crippen LogP contribution is -2.43. The Balaban J connectivity index is 1.64. The molecule has 0 fully saturated rings. The summed E-state index contributed by atoms with van der Waals surface area (Å²) in [7, 11) is -3.29. The summed E-state index contributed by atoms with van der Waals surface area (Å²) in [6.07, 6.45) is 3.72. The first-order valence-electron chi connectivity index (χ1n) is 10.2. The van der Waals surface area contributed by atoms with Crippen molar-refractivity contribution in [3.8, 4) is 0 Å². The normalized spacial score (nSPS) is 18.5. The van der Waals surface area contributed by atoms with E-state index in [1.807, 2.05) is 18.2 Å². The zero-order valence-corrected chi connectivity index (χ0v) is 18.1. The van der Waals surface area contributed by atoms with Crippen molar-refractivity contribution in [1.29, 1.82) is 0 Å². The van der Waals surface area contributed by atoms with Crippen LogP contribution in [0.5, 0.6) is 0 Å². The highest BCUT2D eigenvalue weighted by Crippen LogP contribution is 2.35. The van der Waals surface area contributed by atoms with Gasteiger partial charge in [-0.05, 0) is 54.2 Å². The number of anilines is 1. The molecule has 2 aromatic carbocycles. The Morgan fingerprint density at radius 3 is 2.53 bits per heavy atom. The summed E-state index contributed by atoms with van der Waals surface area (Å²) in [6.45, 7) is 2.76. The molecule has 2 heterocycles. The van der Waals surface area contributed by atoms with Crippen LogP contribution >= 0.6 is 0 Å². The molecular formula is C23H26N2O4S. The van der Waals surface area contributed by atoms with Gasteiger partial charge in [-0.25, -0.2) is 8.42 Å². The predicted molar refractivity (Wildman–Crippen MR) is 115 cm³/mol. The molecule has 2 aliphatic heterocycles. The molecule has 30 heavy (non-hydrogen) atoms. The van der Waals surface area contributed by atoms with Crippen molar-refractivity contribution >= 4 is 27.3 Å². The van der Waals surface area contributed by atoms with E-state index in [9.17, 15) is 18.0 Å². The van der Waals surface area contributed by atoms with Gasteiger partial charge >= 0.3 is 0 Å². The van der Waals surface area contributed by atoms with Crippen LogP contribution in [-0.4, -0.2) is 44.5 Å². The van der Waals surface area contributed by atoms with E-state index in [-0.39, 0.29) is 29.2 Å². The summed E-state index contributed by atoms with van der Waals surface area (Å²) in [4.78, 5) is 29.4. The van der Waals surface area contributed by atoms with Gasteiger partial charge in [-0.3, -0.25) is 9.59 Å². The summed E-state index contributed by atoms with van der Waals surface area (Å²) >= 11 is 0. The highest BCUT2D eigenvalue weighted by Gasteiger charge is 2.33. The van der Waals surface area contributed by atoms with Crippen LogP contribution in [-0.2, 0) is 32.3 Å². The number of nitrogens with zero attached hydrogens (tertiary/aromatic N) is 2. The lowest BCUT2D eigenvalue weighted by molar-refractivity contribution is -0.133. The molecule has 0 bridgehead atoms. The van der Waals surface area contributed by atoms with Crippen molar-refractivity contribution in [1.82, 2.24) is 4.90 Å². The van der Waals surface area contributed by atoms with Gasteiger partial charge < -0.3 is 9.80 Å². The number of rotatable bonds is 3. The quantitative estimate of drug-likeness (QED) is 0.756. The van der Waals surface area contributed by atoms with Crippen LogP contribution in [0.25, 0.3) is 0 Å². The Bertz CT molecular complexity index is 1110. The molecule has 2 aromatic rings.